The molecule has 0 aliphatic carbocycles. The van der Waals surface area contributed by atoms with Gasteiger partial charge in [-0.1, -0.05) is 12.1 Å². The van der Waals surface area contributed by atoms with E-state index >= 15 is 0 Å². The molecule has 32 heavy (non-hydrogen) atoms. The van der Waals surface area contributed by atoms with Gasteiger partial charge in [-0.05, 0) is 44.9 Å². The predicted octanol–water partition coefficient (Wildman–Crippen LogP) is 3.29. The second-order valence-corrected chi connectivity index (χ2v) is 11.0. The molecule has 0 aromatic carbocycles. The minimum Gasteiger partial charge on any atom is -0.465 e. The van der Waals surface area contributed by atoms with E-state index in [1.807, 2.05) is 26.0 Å². The molecule has 3 aromatic rings. The van der Waals surface area contributed by atoms with Gasteiger partial charge in [0.2, 0.25) is 27.6 Å². The van der Waals surface area contributed by atoms with Gasteiger partial charge in [0.1, 0.15) is 11.5 Å². The van der Waals surface area contributed by atoms with Crippen molar-refractivity contribution in [2.45, 2.75) is 51.5 Å². The number of piperidine rings is 1. The van der Waals surface area contributed by atoms with Crippen LogP contribution < -0.4 is 5.32 Å². The van der Waals surface area contributed by atoms with Crippen LogP contribution in [0.25, 0.3) is 10.7 Å². The van der Waals surface area contributed by atoms with E-state index in [9.17, 15) is 13.2 Å². The second kappa shape index (κ2) is 9.16. The Morgan fingerprint density at radius 2 is 2.16 bits per heavy atom. The Morgan fingerprint density at radius 3 is 2.84 bits per heavy atom. The molecular formula is C21H26N4O5S2. The lowest BCUT2D eigenvalue weighted by atomic mass is 9.99. The van der Waals surface area contributed by atoms with Gasteiger partial charge in [0.05, 0.1) is 22.2 Å². The molecular weight excluding hydrogens is 452 g/mol. The summed E-state index contributed by atoms with van der Waals surface area (Å²) in [5, 5.41) is 6.80. The Labute approximate surface area is 190 Å². The van der Waals surface area contributed by atoms with Gasteiger partial charge in [0, 0.05) is 24.4 Å². The van der Waals surface area contributed by atoms with E-state index < -0.39 is 15.9 Å². The van der Waals surface area contributed by atoms with E-state index in [-0.39, 0.29) is 23.9 Å². The van der Waals surface area contributed by atoms with Crippen molar-refractivity contribution in [3.05, 3.63) is 40.5 Å². The number of carbonyl (C=O) groups is 1. The number of rotatable bonds is 7. The average molecular weight is 479 g/mol. The minimum atomic E-state index is -3.75. The van der Waals surface area contributed by atoms with Gasteiger partial charge >= 0.3 is 0 Å². The summed E-state index contributed by atoms with van der Waals surface area (Å²) in [5.41, 5.74) is 0. The first-order valence-electron chi connectivity index (χ1n) is 10.5. The van der Waals surface area contributed by atoms with Crippen molar-refractivity contribution >= 4 is 27.3 Å². The number of aromatic nitrogens is 2. The zero-order chi connectivity index (χ0) is 22.9. The molecule has 172 valence electrons. The van der Waals surface area contributed by atoms with Crippen molar-refractivity contribution in [3.8, 4) is 10.7 Å². The Kier molecular flexibility index (Phi) is 6.50. The highest BCUT2D eigenvalue weighted by molar-refractivity contribution is 7.89. The number of thiophene rings is 1. The number of hydrogen-bond donors (Lipinski definition) is 1. The molecule has 1 amide bonds. The summed E-state index contributed by atoms with van der Waals surface area (Å²) in [6.07, 6.45) is 1.88. The number of nitrogens with one attached hydrogen (secondary N) is 1. The largest absolute Gasteiger partial charge is 0.465 e. The Morgan fingerprint density at radius 1 is 1.34 bits per heavy atom. The van der Waals surface area contributed by atoms with Crippen molar-refractivity contribution in [3.63, 3.8) is 0 Å². The van der Waals surface area contributed by atoms with Gasteiger partial charge < -0.3 is 14.3 Å². The summed E-state index contributed by atoms with van der Waals surface area (Å²) in [5.74, 6) is 1.77. The highest BCUT2D eigenvalue weighted by atomic mass is 32.2. The number of carbonyl (C=O) groups excluding carboxylic acids is 1. The quantitative estimate of drug-likeness (QED) is 0.553. The standard InChI is InChI=1S/C21H26N4O5S2/c1-4-19-23-20(24-30-19)17-10-18(14(3)31-17)32(27,28)25-9-5-6-15(12-25)21(26)22-11-16-8-7-13(2)29-16/h7-8,10,15H,4-6,9,11-12H2,1-3H3,(H,22,26)/t15-/m1/s1. The van der Waals surface area contributed by atoms with Crippen molar-refractivity contribution in [2.24, 2.45) is 5.92 Å². The van der Waals surface area contributed by atoms with Crippen molar-refractivity contribution in [1.29, 1.82) is 0 Å². The molecule has 1 N–H and O–H groups in total. The van der Waals surface area contributed by atoms with Gasteiger partial charge in [0.25, 0.3) is 0 Å². The summed E-state index contributed by atoms with van der Waals surface area (Å²) in [6, 6.07) is 5.26. The molecule has 1 fully saturated rings. The SMILES string of the molecule is CCc1nc(-c2cc(S(=O)(=O)N3CCC[C@@H](C(=O)NCc4ccc(C)o4)C3)c(C)s2)no1. The molecule has 1 aliphatic rings. The first-order chi connectivity index (χ1) is 15.3. The van der Waals surface area contributed by atoms with E-state index in [0.29, 0.717) is 53.0 Å². The lowest BCUT2D eigenvalue weighted by molar-refractivity contribution is -0.126. The lowest BCUT2D eigenvalue weighted by Gasteiger charge is -2.31. The number of nitrogens with zero attached hydrogens (tertiary/aromatic N) is 3. The molecule has 1 atom stereocenters. The molecule has 1 saturated heterocycles. The first-order valence-corrected chi connectivity index (χ1v) is 12.8. The summed E-state index contributed by atoms with van der Waals surface area (Å²) in [4.78, 5) is 18.5. The Balaban J connectivity index is 1.47. The zero-order valence-corrected chi connectivity index (χ0v) is 19.9. The highest BCUT2D eigenvalue weighted by Crippen LogP contribution is 2.35. The highest BCUT2D eigenvalue weighted by Gasteiger charge is 2.35. The molecule has 9 nitrogen and oxygen atoms in total. The molecule has 0 spiro atoms. The normalized spacial score (nSPS) is 17.5. The van der Waals surface area contributed by atoms with E-state index in [1.165, 1.54) is 15.6 Å². The number of furan rings is 1. The van der Waals surface area contributed by atoms with Crippen molar-refractivity contribution < 1.29 is 22.2 Å². The smallest absolute Gasteiger partial charge is 0.244 e. The average Bonchev–Trinajstić information content (AvgIpc) is 3.51. The van der Waals surface area contributed by atoms with Gasteiger partial charge in [-0.3, -0.25) is 4.79 Å². The molecule has 0 bridgehead atoms. The van der Waals surface area contributed by atoms with Crippen LogP contribution in [0.5, 0.6) is 0 Å². The zero-order valence-electron chi connectivity index (χ0n) is 18.3. The third kappa shape index (κ3) is 4.64. The Hall–Kier alpha value is -2.50. The maximum absolute atomic E-state index is 13.4. The first kappa shape index (κ1) is 22.7. The maximum Gasteiger partial charge on any atom is 0.244 e. The number of amides is 1. The molecule has 11 heteroatoms. The van der Waals surface area contributed by atoms with Crippen LogP contribution in [0, 0.1) is 19.8 Å². The van der Waals surface area contributed by atoms with E-state index in [1.54, 1.807) is 13.0 Å². The van der Waals surface area contributed by atoms with Crippen LogP contribution in [0.1, 0.15) is 42.1 Å². The summed E-state index contributed by atoms with van der Waals surface area (Å²) in [7, 11) is -3.75. The van der Waals surface area contributed by atoms with Crippen molar-refractivity contribution in [2.75, 3.05) is 13.1 Å². The van der Waals surface area contributed by atoms with Gasteiger partial charge in [-0.25, -0.2) is 8.42 Å². The number of aryl methyl sites for hydroxylation is 3. The van der Waals surface area contributed by atoms with Crippen LogP contribution in [0.4, 0.5) is 0 Å². The van der Waals surface area contributed by atoms with E-state index in [0.717, 1.165) is 5.76 Å². The van der Waals surface area contributed by atoms with Gasteiger partial charge in [-0.15, -0.1) is 11.3 Å². The van der Waals surface area contributed by atoms with Gasteiger partial charge in [0.15, 0.2) is 0 Å². The van der Waals surface area contributed by atoms with E-state index in [4.69, 9.17) is 8.94 Å². The molecule has 4 heterocycles. The Bertz CT molecular complexity index is 1210. The van der Waals surface area contributed by atoms with Crippen LogP contribution in [0.3, 0.4) is 0 Å². The van der Waals surface area contributed by atoms with E-state index in [2.05, 4.69) is 15.5 Å². The third-order valence-electron chi connectivity index (χ3n) is 5.47. The molecule has 4 rings (SSSR count). The van der Waals surface area contributed by atoms with Crippen molar-refractivity contribution in [1.82, 2.24) is 19.8 Å². The van der Waals surface area contributed by atoms with Crippen LogP contribution in [-0.2, 0) is 27.8 Å². The van der Waals surface area contributed by atoms with Crippen LogP contribution >= 0.6 is 11.3 Å². The van der Waals surface area contributed by atoms with Crippen LogP contribution in [0.2, 0.25) is 0 Å². The molecule has 0 unspecified atom stereocenters. The van der Waals surface area contributed by atoms with Crippen LogP contribution in [-0.4, -0.2) is 41.9 Å². The van der Waals surface area contributed by atoms with Gasteiger partial charge in [-0.2, -0.15) is 9.29 Å². The number of hydrogen-bond acceptors (Lipinski definition) is 8. The fourth-order valence-electron chi connectivity index (χ4n) is 3.74. The molecule has 0 radical (unpaired) electrons. The summed E-state index contributed by atoms with van der Waals surface area (Å²) in [6.45, 7) is 6.34. The lowest BCUT2D eigenvalue weighted by Crippen LogP contribution is -2.45. The topological polar surface area (TPSA) is 119 Å². The third-order valence-corrected chi connectivity index (χ3v) is 8.64. The van der Waals surface area contributed by atoms with Crippen LogP contribution in [0.15, 0.2) is 32.0 Å². The number of sulfonamides is 1. The molecule has 3 aromatic heterocycles. The molecule has 0 saturated carbocycles. The second-order valence-electron chi connectivity index (χ2n) is 7.83. The monoisotopic (exact) mass is 478 g/mol. The predicted molar refractivity (Wildman–Crippen MR) is 119 cm³/mol. The minimum absolute atomic E-state index is 0.151. The summed E-state index contributed by atoms with van der Waals surface area (Å²) < 4.78 is 38.8. The maximum atomic E-state index is 13.4. The fourth-order valence-corrected chi connectivity index (χ4v) is 6.75. The fraction of sp³-hybridized carbons (Fsp3) is 0.476. The summed E-state index contributed by atoms with van der Waals surface area (Å²) >= 11 is 1.32. The molecule has 1 aliphatic heterocycles.